The zero-order chi connectivity index (χ0) is 10.1. The summed E-state index contributed by atoms with van der Waals surface area (Å²) in [6, 6.07) is 0. The molecule has 1 unspecified atom stereocenters. The molecule has 1 aliphatic rings. The highest BCUT2D eigenvalue weighted by atomic mass is 32.2. The Morgan fingerprint density at radius 1 is 1.46 bits per heavy atom. The van der Waals surface area contributed by atoms with E-state index in [1.165, 1.54) is 19.1 Å². The Balaban J connectivity index is 2.49. The topological polar surface area (TPSA) is 60.2 Å². The van der Waals surface area contributed by atoms with Crippen LogP contribution in [0, 0.1) is 11.3 Å². The van der Waals surface area contributed by atoms with Crippen molar-refractivity contribution in [3.05, 3.63) is 0 Å². The number of rotatable bonds is 5. The van der Waals surface area contributed by atoms with Gasteiger partial charge in [0.2, 0.25) is 0 Å². The van der Waals surface area contributed by atoms with Gasteiger partial charge in [0.05, 0.1) is 5.75 Å². The minimum Gasteiger partial charge on any atom is -0.330 e. The number of hydrogen-bond donors (Lipinski definition) is 1. The molecule has 0 aromatic heterocycles. The first kappa shape index (κ1) is 11.0. The third-order valence-electron chi connectivity index (χ3n) is 3.07. The van der Waals surface area contributed by atoms with Crippen molar-refractivity contribution >= 4 is 9.84 Å². The molecule has 1 atom stereocenters. The maximum atomic E-state index is 11.0. The van der Waals surface area contributed by atoms with Gasteiger partial charge in [0.25, 0.3) is 0 Å². The van der Waals surface area contributed by atoms with E-state index >= 15 is 0 Å². The van der Waals surface area contributed by atoms with Gasteiger partial charge in [0.15, 0.2) is 0 Å². The van der Waals surface area contributed by atoms with Crippen LogP contribution in [0.3, 0.4) is 0 Å². The van der Waals surface area contributed by atoms with E-state index < -0.39 is 9.84 Å². The summed E-state index contributed by atoms with van der Waals surface area (Å²) in [6.07, 6.45) is 4.44. The van der Waals surface area contributed by atoms with Gasteiger partial charge >= 0.3 is 0 Å². The van der Waals surface area contributed by atoms with Crippen LogP contribution in [-0.2, 0) is 9.84 Å². The van der Waals surface area contributed by atoms with Gasteiger partial charge in [0.1, 0.15) is 9.84 Å². The first-order chi connectivity index (χ1) is 5.87. The Labute approximate surface area is 80.6 Å². The van der Waals surface area contributed by atoms with Gasteiger partial charge in [-0.05, 0) is 37.1 Å². The molecule has 3 nitrogen and oxygen atoms in total. The molecule has 0 aromatic carbocycles. The molecule has 2 N–H and O–H groups in total. The molecule has 0 radical (unpaired) electrons. The summed E-state index contributed by atoms with van der Waals surface area (Å²) in [5, 5.41) is 0. The molecule has 0 aromatic rings. The molecule has 1 saturated carbocycles. The fraction of sp³-hybridized carbons (Fsp3) is 1.00. The minimum absolute atomic E-state index is 0.0586. The largest absolute Gasteiger partial charge is 0.330 e. The van der Waals surface area contributed by atoms with Crippen LogP contribution >= 0.6 is 0 Å². The van der Waals surface area contributed by atoms with E-state index in [1.807, 2.05) is 0 Å². The quantitative estimate of drug-likeness (QED) is 0.722. The normalized spacial score (nSPS) is 22.7. The summed E-state index contributed by atoms with van der Waals surface area (Å²) in [5.74, 6) is 0.941. The van der Waals surface area contributed by atoms with Crippen molar-refractivity contribution in [2.75, 3.05) is 18.6 Å². The van der Waals surface area contributed by atoms with Gasteiger partial charge in [-0.2, -0.15) is 0 Å². The zero-order valence-electron chi connectivity index (χ0n) is 8.41. The third-order valence-corrected chi connectivity index (χ3v) is 4.02. The lowest BCUT2D eigenvalue weighted by atomic mass is 9.82. The van der Waals surface area contributed by atoms with Crippen molar-refractivity contribution in [1.82, 2.24) is 0 Å². The van der Waals surface area contributed by atoms with Gasteiger partial charge in [-0.15, -0.1) is 0 Å². The van der Waals surface area contributed by atoms with Crippen molar-refractivity contribution in [2.45, 2.75) is 26.2 Å². The van der Waals surface area contributed by atoms with E-state index in [2.05, 4.69) is 6.92 Å². The smallest absolute Gasteiger partial charge is 0.147 e. The van der Waals surface area contributed by atoms with E-state index in [4.69, 9.17) is 5.73 Å². The lowest BCUT2D eigenvalue weighted by Crippen LogP contribution is -2.31. The number of hydrogen-bond acceptors (Lipinski definition) is 3. The van der Waals surface area contributed by atoms with Gasteiger partial charge in [-0.25, -0.2) is 8.42 Å². The molecule has 1 aliphatic carbocycles. The molecule has 0 bridgehead atoms. The lowest BCUT2D eigenvalue weighted by molar-refractivity contribution is 0.273. The highest BCUT2D eigenvalue weighted by Crippen LogP contribution is 2.46. The van der Waals surface area contributed by atoms with E-state index in [0.717, 1.165) is 0 Å². The molecular weight excluding hydrogens is 186 g/mol. The number of nitrogens with two attached hydrogens (primary N) is 1. The summed E-state index contributed by atoms with van der Waals surface area (Å²) < 4.78 is 22.0. The predicted molar refractivity (Wildman–Crippen MR) is 54.2 cm³/mol. The molecule has 0 saturated heterocycles. The third kappa shape index (κ3) is 3.27. The van der Waals surface area contributed by atoms with Crippen LogP contribution in [0.4, 0.5) is 0 Å². The average Bonchev–Trinajstić information content (AvgIpc) is 2.81. The Bertz CT molecular complexity index is 269. The second-order valence-corrected chi connectivity index (χ2v) is 6.77. The molecule has 0 heterocycles. The van der Waals surface area contributed by atoms with Gasteiger partial charge < -0.3 is 5.73 Å². The Kier molecular flexibility index (Phi) is 3.02. The van der Waals surface area contributed by atoms with Crippen LogP contribution in [0.5, 0.6) is 0 Å². The SMILES string of the molecule is CC(CN)(CCS(C)(=O)=O)C1CC1. The van der Waals surface area contributed by atoms with Crippen LogP contribution in [-0.4, -0.2) is 27.0 Å². The highest BCUT2D eigenvalue weighted by Gasteiger charge is 2.40. The molecule has 13 heavy (non-hydrogen) atoms. The summed E-state index contributed by atoms with van der Waals surface area (Å²) in [4.78, 5) is 0. The van der Waals surface area contributed by atoms with Crippen LogP contribution in [0.25, 0.3) is 0 Å². The second-order valence-electron chi connectivity index (χ2n) is 4.51. The summed E-state index contributed by atoms with van der Waals surface area (Å²) >= 11 is 0. The first-order valence-electron chi connectivity index (χ1n) is 4.75. The highest BCUT2D eigenvalue weighted by molar-refractivity contribution is 7.90. The maximum Gasteiger partial charge on any atom is 0.147 e. The van der Waals surface area contributed by atoms with Crippen LogP contribution in [0.1, 0.15) is 26.2 Å². The Hall–Kier alpha value is -0.0900. The first-order valence-corrected chi connectivity index (χ1v) is 6.81. The molecule has 1 rings (SSSR count). The van der Waals surface area contributed by atoms with Crippen molar-refractivity contribution in [3.63, 3.8) is 0 Å². The van der Waals surface area contributed by atoms with Crippen molar-refractivity contribution in [2.24, 2.45) is 17.1 Å². The molecule has 4 heteroatoms. The molecule has 1 fully saturated rings. The average molecular weight is 205 g/mol. The van der Waals surface area contributed by atoms with Crippen molar-refractivity contribution in [3.8, 4) is 0 Å². The van der Waals surface area contributed by atoms with Crippen molar-refractivity contribution < 1.29 is 8.42 Å². The van der Waals surface area contributed by atoms with Gasteiger partial charge in [-0.3, -0.25) is 0 Å². The Morgan fingerprint density at radius 2 is 2.00 bits per heavy atom. The van der Waals surface area contributed by atoms with Gasteiger partial charge in [-0.1, -0.05) is 6.92 Å². The Morgan fingerprint density at radius 3 is 2.31 bits per heavy atom. The summed E-state index contributed by atoms with van der Waals surface area (Å²) in [6.45, 7) is 2.71. The lowest BCUT2D eigenvalue weighted by Gasteiger charge is -2.27. The van der Waals surface area contributed by atoms with E-state index in [1.54, 1.807) is 0 Å². The second kappa shape index (κ2) is 3.58. The molecule has 0 amide bonds. The van der Waals surface area contributed by atoms with E-state index in [0.29, 0.717) is 18.9 Å². The fourth-order valence-corrected chi connectivity index (χ4v) is 2.51. The fourth-order valence-electron chi connectivity index (χ4n) is 1.67. The van der Waals surface area contributed by atoms with Gasteiger partial charge in [0, 0.05) is 6.26 Å². The van der Waals surface area contributed by atoms with Crippen LogP contribution in [0.2, 0.25) is 0 Å². The van der Waals surface area contributed by atoms with Crippen molar-refractivity contribution in [1.29, 1.82) is 0 Å². The standard InChI is InChI=1S/C9H19NO2S/c1-9(7-10,8-3-4-8)5-6-13(2,11)12/h8H,3-7,10H2,1-2H3. The molecule has 0 aliphatic heterocycles. The molecule has 0 spiro atoms. The maximum absolute atomic E-state index is 11.0. The van der Waals surface area contributed by atoms with E-state index in [-0.39, 0.29) is 11.2 Å². The summed E-state index contributed by atoms with van der Waals surface area (Å²) in [7, 11) is -2.83. The zero-order valence-corrected chi connectivity index (χ0v) is 9.23. The minimum atomic E-state index is -2.83. The van der Waals surface area contributed by atoms with E-state index in [9.17, 15) is 8.42 Å². The predicted octanol–water partition coefficient (Wildman–Crippen LogP) is 0.796. The molecule has 78 valence electrons. The molecular formula is C9H19NO2S. The van der Waals surface area contributed by atoms with Crippen LogP contribution < -0.4 is 5.73 Å². The monoisotopic (exact) mass is 205 g/mol. The number of sulfone groups is 1. The summed E-state index contributed by atoms with van der Waals surface area (Å²) in [5.41, 5.74) is 5.74. The van der Waals surface area contributed by atoms with Crippen LogP contribution in [0.15, 0.2) is 0 Å².